The average molecular weight is 474 g/mol. The zero-order valence-corrected chi connectivity index (χ0v) is 19.1. The van der Waals surface area contributed by atoms with Crippen molar-refractivity contribution in [3.63, 3.8) is 0 Å². The largest absolute Gasteiger partial charge is 0.349 e. The van der Waals surface area contributed by atoms with Crippen LogP contribution in [-0.2, 0) is 6.54 Å². The Kier molecular flexibility index (Phi) is 6.63. The predicted molar refractivity (Wildman–Crippen MR) is 129 cm³/mol. The number of benzene rings is 2. The predicted octanol–water partition coefficient (Wildman–Crippen LogP) is 4.61. The molecule has 2 aromatic carbocycles. The Hall–Kier alpha value is -3.91. The minimum atomic E-state index is -0.320. The molecule has 0 aliphatic carbocycles. The van der Waals surface area contributed by atoms with Crippen LogP contribution in [0.3, 0.4) is 0 Å². The third-order valence-corrected chi connectivity index (χ3v) is 6.20. The molecule has 1 N–H and O–H groups in total. The summed E-state index contributed by atoms with van der Waals surface area (Å²) in [4.78, 5) is 19.4. The van der Waals surface area contributed by atoms with Gasteiger partial charge in [-0.3, -0.25) is 14.7 Å². The number of likely N-dealkylation sites (tertiary alicyclic amines) is 1. The van der Waals surface area contributed by atoms with Crippen LogP contribution in [-0.4, -0.2) is 44.7 Å². The second-order valence-electron chi connectivity index (χ2n) is 8.74. The quantitative estimate of drug-likeness (QED) is 0.444. The lowest BCUT2D eigenvalue weighted by molar-refractivity contribution is 0.0908. The van der Waals surface area contributed by atoms with Crippen molar-refractivity contribution in [3.8, 4) is 16.9 Å². The molecule has 4 aromatic rings. The zero-order chi connectivity index (χ0) is 24.2. The van der Waals surface area contributed by atoms with Gasteiger partial charge in [-0.1, -0.05) is 12.1 Å². The first-order valence-electron chi connectivity index (χ1n) is 11.6. The van der Waals surface area contributed by atoms with Crippen LogP contribution in [0.1, 0.15) is 28.8 Å². The Morgan fingerprint density at radius 3 is 2.49 bits per heavy atom. The van der Waals surface area contributed by atoms with Crippen molar-refractivity contribution in [1.82, 2.24) is 25.0 Å². The molecule has 0 spiro atoms. The van der Waals surface area contributed by atoms with E-state index in [1.165, 1.54) is 30.5 Å². The highest BCUT2D eigenvalue weighted by atomic mass is 19.1. The number of nitrogens with zero attached hydrogens (tertiary/aromatic N) is 4. The van der Waals surface area contributed by atoms with Crippen molar-refractivity contribution in [2.24, 2.45) is 0 Å². The van der Waals surface area contributed by atoms with E-state index in [1.807, 2.05) is 12.4 Å². The number of nitrogens with one attached hydrogen (secondary N) is 1. The van der Waals surface area contributed by atoms with Crippen molar-refractivity contribution < 1.29 is 13.6 Å². The van der Waals surface area contributed by atoms with Gasteiger partial charge >= 0.3 is 0 Å². The van der Waals surface area contributed by atoms with Crippen LogP contribution in [0.25, 0.3) is 16.9 Å². The van der Waals surface area contributed by atoms with E-state index in [4.69, 9.17) is 0 Å². The summed E-state index contributed by atoms with van der Waals surface area (Å²) in [5.41, 5.74) is 3.68. The van der Waals surface area contributed by atoms with Crippen LogP contribution in [0.2, 0.25) is 0 Å². The van der Waals surface area contributed by atoms with Gasteiger partial charge in [0.1, 0.15) is 11.6 Å². The van der Waals surface area contributed by atoms with Crippen molar-refractivity contribution in [3.05, 3.63) is 102 Å². The average Bonchev–Trinajstić information content (AvgIpc) is 3.34. The first-order valence-corrected chi connectivity index (χ1v) is 11.6. The summed E-state index contributed by atoms with van der Waals surface area (Å²) in [5.74, 6) is -0.741. The molecule has 1 fully saturated rings. The lowest BCUT2D eigenvalue weighted by atomic mass is 10.0. The first kappa shape index (κ1) is 22.9. The van der Waals surface area contributed by atoms with Gasteiger partial charge < -0.3 is 5.32 Å². The number of carbonyl (C=O) groups is 1. The molecule has 0 unspecified atom stereocenters. The number of pyridine rings is 1. The third kappa shape index (κ3) is 5.60. The molecule has 178 valence electrons. The highest BCUT2D eigenvalue weighted by Crippen LogP contribution is 2.19. The molecule has 0 bridgehead atoms. The highest BCUT2D eigenvalue weighted by Gasteiger charge is 2.22. The summed E-state index contributed by atoms with van der Waals surface area (Å²) in [6, 6.07) is 16.0. The molecular formula is C27H25F2N5O. The maximum Gasteiger partial charge on any atom is 0.253 e. The van der Waals surface area contributed by atoms with Crippen molar-refractivity contribution >= 4 is 5.91 Å². The Balaban J connectivity index is 1.11. The molecule has 6 nitrogen and oxygen atoms in total. The minimum Gasteiger partial charge on any atom is -0.349 e. The minimum absolute atomic E-state index is 0.101. The Morgan fingerprint density at radius 2 is 1.77 bits per heavy atom. The number of rotatable bonds is 6. The van der Waals surface area contributed by atoms with Gasteiger partial charge in [-0.05, 0) is 61.4 Å². The SMILES string of the molecule is O=C(NC1CCN(Cc2cnn(-c3ccc(F)cc3)c2)CC1)c1ccc(-c2cccc(F)c2)nc1. The molecule has 5 rings (SSSR count). The van der Waals surface area contributed by atoms with E-state index in [9.17, 15) is 13.6 Å². The van der Waals surface area contributed by atoms with Crippen LogP contribution >= 0.6 is 0 Å². The van der Waals surface area contributed by atoms with Crippen molar-refractivity contribution in [2.75, 3.05) is 13.1 Å². The topological polar surface area (TPSA) is 63.1 Å². The standard InChI is InChI=1S/C27H25F2N5O/c28-22-5-7-25(8-6-22)34-18-19(15-31-34)17-33-12-10-24(11-13-33)32-27(35)21-4-9-26(30-16-21)20-2-1-3-23(29)14-20/h1-9,14-16,18,24H,10-13,17H2,(H,32,35). The normalized spacial score (nSPS) is 14.7. The van der Waals surface area contributed by atoms with Crippen molar-refractivity contribution in [1.29, 1.82) is 0 Å². The number of hydrogen-bond acceptors (Lipinski definition) is 4. The van der Waals surface area contributed by atoms with E-state index < -0.39 is 0 Å². The fourth-order valence-electron chi connectivity index (χ4n) is 4.29. The fourth-order valence-corrected chi connectivity index (χ4v) is 4.29. The van der Waals surface area contributed by atoms with Gasteiger partial charge in [0.15, 0.2) is 0 Å². The number of aromatic nitrogens is 3. The maximum absolute atomic E-state index is 13.4. The number of halogens is 2. The highest BCUT2D eigenvalue weighted by molar-refractivity contribution is 5.94. The van der Waals surface area contributed by atoms with Crippen LogP contribution in [0.5, 0.6) is 0 Å². The van der Waals surface area contributed by atoms with Crippen LogP contribution in [0.15, 0.2) is 79.3 Å². The van der Waals surface area contributed by atoms with E-state index >= 15 is 0 Å². The summed E-state index contributed by atoms with van der Waals surface area (Å²) in [7, 11) is 0. The summed E-state index contributed by atoms with van der Waals surface area (Å²) in [6.45, 7) is 2.50. The van der Waals surface area contributed by atoms with Gasteiger partial charge in [0.2, 0.25) is 0 Å². The molecule has 2 aromatic heterocycles. The lowest BCUT2D eigenvalue weighted by Gasteiger charge is -2.32. The molecule has 0 saturated carbocycles. The monoisotopic (exact) mass is 473 g/mol. The molecule has 0 atom stereocenters. The molecule has 3 heterocycles. The zero-order valence-electron chi connectivity index (χ0n) is 19.1. The maximum atomic E-state index is 13.4. The van der Waals surface area contributed by atoms with Crippen LogP contribution < -0.4 is 5.32 Å². The van der Waals surface area contributed by atoms with E-state index in [0.717, 1.165) is 43.7 Å². The van der Waals surface area contributed by atoms with E-state index in [2.05, 4.69) is 20.3 Å². The Morgan fingerprint density at radius 1 is 0.971 bits per heavy atom. The van der Waals surface area contributed by atoms with Gasteiger partial charge in [-0.15, -0.1) is 0 Å². The number of carbonyl (C=O) groups excluding carboxylic acids is 1. The molecule has 1 aliphatic rings. The number of piperidine rings is 1. The molecule has 1 amide bonds. The van der Waals surface area contributed by atoms with Crippen LogP contribution in [0.4, 0.5) is 8.78 Å². The first-order chi connectivity index (χ1) is 17.0. The molecule has 1 aliphatic heterocycles. The Labute approximate surface area is 202 Å². The van der Waals surface area contributed by atoms with Gasteiger partial charge in [0.25, 0.3) is 5.91 Å². The summed E-state index contributed by atoms with van der Waals surface area (Å²) in [6.07, 6.45) is 7.03. The van der Waals surface area contributed by atoms with Gasteiger partial charge in [-0.25, -0.2) is 13.5 Å². The second kappa shape index (κ2) is 10.1. The summed E-state index contributed by atoms with van der Waals surface area (Å²) < 4.78 is 28.3. The van der Waals surface area contributed by atoms with E-state index in [-0.39, 0.29) is 23.6 Å². The molecule has 8 heteroatoms. The van der Waals surface area contributed by atoms with Gasteiger partial charge in [0.05, 0.1) is 23.1 Å². The number of amides is 1. The Bertz CT molecular complexity index is 1300. The molecule has 35 heavy (non-hydrogen) atoms. The second-order valence-corrected chi connectivity index (χ2v) is 8.74. The fraction of sp³-hybridized carbons (Fsp3) is 0.222. The molecule has 0 radical (unpaired) electrons. The molecule has 1 saturated heterocycles. The van der Waals surface area contributed by atoms with E-state index in [0.29, 0.717) is 16.8 Å². The summed E-state index contributed by atoms with van der Waals surface area (Å²) >= 11 is 0. The summed E-state index contributed by atoms with van der Waals surface area (Å²) in [5, 5.41) is 7.49. The molecular weight excluding hydrogens is 448 g/mol. The van der Waals surface area contributed by atoms with E-state index in [1.54, 1.807) is 41.1 Å². The number of hydrogen-bond donors (Lipinski definition) is 1. The van der Waals surface area contributed by atoms with Crippen molar-refractivity contribution in [2.45, 2.75) is 25.4 Å². The lowest BCUT2D eigenvalue weighted by Crippen LogP contribution is -2.44. The van der Waals surface area contributed by atoms with Gasteiger partial charge in [0, 0.05) is 49.2 Å². The van der Waals surface area contributed by atoms with Gasteiger partial charge in [-0.2, -0.15) is 5.10 Å². The third-order valence-electron chi connectivity index (χ3n) is 6.20. The smallest absolute Gasteiger partial charge is 0.253 e. The van der Waals surface area contributed by atoms with Crippen LogP contribution in [0, 0.1) is 11.6 Å².